The largest absolute Gasteiger partial charge is 0.503 e. The molecule has 0 aliphatic carbocycles. The molecule has 3 rings (SSSR count). The Labute approximate surface area is 161 Å². The first kappa shape index (κ1) is 23.3. The maximum atomic E-state index is 8.56. The molecule has 2 aromatic heterocycles. The molecule has 0 spiro atoms. The van der Waals surface area contributed by atoms with Crippen molar-refractivity contribution in [1.82, 2.24) is 20.2 Å². The van der Waals surface area contributed by atoms with Crippen molar-refractivity contribution in [3.8, 4) is 23.0 Å². The fourth-order valence-electron chi connectivity index (χ4n) is 1.53. The Balaban J connectivity index is 0.000000646. The molecule has 0 saturated carbocycles. The van der Waals surface area contributed by atoms with Gasteiger partial charge < -0.3 is 30.6 Å². The first-order valence-electron chi connectivity index (χ1n) is 6.60. The number of benzene rings is 1. The van der Waals surface area contributed by atoms with Crippen molar-refractivity contribution in [2.24, 2.45) is 0 Å². The van der Waals surface area contributed by atoms with E-state index in [-0.39, 0.29) is 28.7 Å². The number of nitrogen functional groups attached to an aromatic ring is 1. The minimum atomic E-state index is -1.83. The van der Waals surface area contributed by atoms with Gasteiger partial charge >= 0.3 is 12.3 Å². The van der Waals surface area contributed by atoms with Gasteiger partial charge in [-0.15, -0.1) is 27.2 Å². The summed E-state index contributed by atoms with van der Waals surface area (Å²) in [6.07, 6.45) is -0.634. The Hall–Kier alpha value is -3.74. The second-order valence-electron chi connectivity index (χ2n) is 4.13. The minimum Gasteiger partial charge on any atom is -0.450 e. The van der Waals surface area contributed by atoms with Crippen LogP contribution in [0, 0.1) is 0 Å². The summed E-state index contributed by atoms with van der Waals surface area (Å²) in [7, 11) is 0. The first-order valence-corrected chi connectivity index (χ1v) is 6.60. The zero-order valence-electron chi connectivity index (χ0n) is 13.3. The molecule has 12 nitrogen and oxygen atoms in total. The highest BCUT2D eigenvalue weighted by molar-refractivity contribution is 8.93. The molecule has 0 aliphatic rings. The van der Waals surface area contributed by atoms with Crippen LogP contribution in [0.5, 0.6) is 0 Å². The lowest BCUT2D eigenvalue weighted by Crippen LogP contribution is -1.95. The van der Waals surface area contributed by atoms with Gasteiger partial charge in [0.15, 0.2) is 11.5 Å². The van der Waals surface area contributed by atoms with E-state index in [9.17, 15) is 0 Å². The minimum absolute atomic E-state index is 0. The Morgan fingerprint density at radius 1 is 0.852 bits per heavy atom. The number of carbonyl (C=O) groups is 2. The fraction of sp³-hybridized carbons (Fsp3) is 0. The van der Waals surface area contributed by atoms with Crippen LogP contribution < -0.4 is 5.73 Å². The van der Waals surface area contributed by atoms with Gasteiger partial charge in [-0.05, 0) is 12.1 Å². The molecule has 3 aromatic rings. The van der Waals surface area contributed by atoms with Gasteiger partial charge in [0, 0.05) is 18.0 Å². The molecule has 144 valence electrons. The average molecular weight is 444 g/mol. The number of rotatable bonds is 2. The van der Waals surface area contributed by atoms with Crippen LogP contribution in [0.4, 0.5) is 15.4 Å². The van der Waals surface area contributed by atoms with Crippen molar-refractivity contribution < 1.29 is 34.4 Å². The van der Waals surface area contributed by atoms with Crippen LogP contribution in [0.15, 0.2) is 47.1 Å². The molecule has 27 heavy (non-hydrogen) atoms. The van der Waals surface area contributed by atoms with Crippen LogP contribution in [0.3, 0.4) is 0 Å². The van der Waals surface area contributed by atoms with E-state index in [0.29, 0.717) is 11.6 Å². The second-order valence-corrected chi connectivity index (χ2v) is 4.13. The summed E-state index contributed by atoms with van der Waals surface area (Å²) in [6, 6.07) is 9.49. The van der Waals surface area contributed by atoms with Crippen molar-refractivity contribution >= 4 is 35.1 Å². The third-order valence-corrected chi connectivity index (χ3v) is 2.37. The van der Waals surface area contributed by atoms with Crippen LogP contribution in [-0.2, 0) is 0 Å². The van der Waals surface area contributed by atoms with Gasteiger partial charge in [-0.2, -0.15) is 0 Å². The lowest BCUT2D eigenvalue weighted by molar-refractivity contribution is 0.135. The summed E-state index contributed by atoms with van der Waals surface area (Å²) < 4.78 is 5.53. The molecule has 1 aromatic carbocycles. The molecule has 2 heterocycles. The van der Waals surface area contributed by atoms with Crippen molar-refractivity contribution in [3.63, 3.8) is 0 Å². The topological polar surface area (TPSA) is 206 Å². The molecule has 0 atom stereocenters. The SMILES string of the molecule is Br.Nc1nccnc1-c1nnc(-c2ccccc2)o1.O=C(O)O.O=C(O)O. The van der Waals surface area contributed by atoms with E-state index in [2.05, 4.69) is 20.2 Å². The predicted molar refractivity (Wildman–Crippen MR) is 96.8 cm³/mol. The summed E-state index contributed by atoms with van der Waals surface area (Å²) >= 11 is 0. The van der Waals surface area contributed by atoms with E-state index >= 15 is 0 Å². The van der Waals surface area contributed by atoms with E-state index < -0.39 is 12.3 Å². The number of nitrogens with two attached hydrogens (primary N) is 1. The van der Waals surface area contributed by atoms with E-state index in [1.165, 1.54) is 12.4 Å². The van der Waals surface area contributed by atoms with Crippen LogP contribution in [0.1, 0.15) is 0 Å². The van der Waals surface area contributed by atoms with Gasteiger partial charge in [0.25, 0.3) is 5.89 Å². The summed E-state index contributed by atoms with van der Waals surface area (Å²) in [6.45, 7) is 0. The third kappa shape index (κ3) is 8.78. The normalized spacial score (nSPS) is 8.74. The molecule has 0 radical (unpaired) electrons. The van der Waals surface area contributed by atoms with Gasteiger partial charge in [-0.3, -0.25) is 0 Å². The van der Waals surface area contributed by atoms with E-state index in [1.54, 1.807) is 0 Å². The molecular weight excluding hydrogens is 430 g/mol. The van der Waals surface area contributed by atoms with Gasteiger partial charge in [-0.1, -0.05) is 18.2 Å². The Morgan fingerprint density at radius 2 is 1.33 bits per heavy atom. The quantitative estimate of drug-likeness (QED) is 0.387. The molecule has 0 bridgehead atoms. The number of anilines is 1. The highest BCUT2D eigenvalue weighted by Crippen LogP contribution is 2.24. The molecular formula is C14H14BrN5O7. The molecule has 0 amide bonds. The molecule has 6 N–H and O–H groups in total. The molecule has 0 unspecified atom stereocenters. The highest BCUT2D eigenvalue weighted by atomic mass is 79.9. The van der Waals surface area contributed by atoms with Gasteiger partial charge in [-0.25, -0.2) is 19.6 Å². The standard InChI is InChI=1S/C12H9N5O.2CH2O3.BrH/c13-10-9(14-6-7-15-10)12-17-16-11(18-12)8-4-2-1-3-5-8;2*2-1(3)4;/h1-7H,(H2,13,15);2*(H2,2,3,4);1H. The van der Waals surface area contributed by atoms with Gasteiger partial charge in [0.05, 0.1) is 0 Å². The summed E-state index contributed by atoms with van der Waals surface area (Å²) in [4.78, 5) is 25.1. The fourth-order valence-corrected chi connectivity index (χ4v) is 1.53. The van der Waals surface area contributed by atoms with Crippen molar-refractivity contribution in [2.45, 2.75) is 0 Å². The smallest absolute Gasteiger partial charge is 0.450 e. The van der Waals surface area contributed by atoms with Crippen LogP contribution in [0.25, 0.3) is 23.0 Å². The molecule has 13 heteroatoms. The van der Waals surface area contributed by atoms with Crippen LogP contribution in [0.2, 0.25) is 0 Å². The predicted octanol–water partition coefficient (Wildman–Crippen LogP) is 2.80. The van der Waals surface area contributed by atoms with Crippen molar-refractivity contribution in [2.75, 3.05) is 5.73 Å². The maximum Gasteiger partial charge on any atom is 0.503 e. The second kappa shape index (κ2) is 11.8. The Kier molecular flexibility index (Phi) is 10.1. The summed E-state index contributed by atoms with van der Waals surface area (Å²) in [5.41, 5.74) is 6.94. The average Bonchev–Trinajstić information content (AvgIpc) is 3.05. The first-order chi connectivity index (χ1) is 12.3. The maximum absolute atomic E-state index is 8.56. The molecule has 0 aliphatic heterocycles. The van der Waals surface area contributed by atoms with Crippen LogP contribution >= 0.6 is 17.0 Å². The number of carboxylic acid groups (broad SMARTS) is 4. The van der Waals surface area contributed by atoms with Gasteiger partial charge in [0.2, 0.25) is 5.89 Å². The Morgan fingerprint density at radius 3 is 1.85 bits per heavy atom. The number of aromatic nitrogens is 4. The number of nitrogens with zero attached hydrogens (tertiary/aromatic N) is 4. The Bertz CT molecular complexity index is 840. The van der Waals surface area contributed by atoms with E-state index in [1.807, 2.05) is 30.3 Å². The monoisotopic (exact) mass is 443 g/mol. The number of halogens is 1. The van der Waals surface area contributed by atoms with Crippen molar-refractivity contribution in [1.29, 1.82) is 0 Å². The zero-order chi connectivity index (χ0) is 19.5. The van der Waals surface area contributed by atoms with Gasteiger partial charge in [0.1, 0.15) is 0 Å². The van der Waals surface area contributed by atoms with Crippen molar-refractivity contribution in [3.05, 3.63) is 42.7 Å². The number of hydrogen-bond acceptors (Lipinski definition) is 8. The van der Waals surface area contributed by atoms with E-state index in [0.717, 1.165) is 5.56 Å². The number of hydrogen-bond donors (Lipinski definition) is 5. The summed E-state index contributed by atoms with van der Waals surface area (Å²) in [5, 5.41) is 35.8. The lowest BCUT2D eigenvalue weighted by atomic mass is 10.2. The summed E-state index contributed by atoms with van der Waals surface area (Å²) in [5.74, 6) is 0.955. The molecule has 0 fully saturated rings. The highest BCUT2D eigenvalue weighted by Gasteiger charge is 2.14. The lowest BCUT2D eigenvalue weighted by Gasteiger charge is -1.96. The third-order valence-electron chi connectivity index (χ3n) is 2.37. The van der Waals surface area contributed by atoms with E-state index in [4.69, 9.17) is 40.2 Å². The van der Waals surface area contributed by atoms with Crippen LogP contribution in [-0.4, -0.2) is 52.9 Å². The molecule has 0 saturated heterocycles. The zero-order valence-corrected chi connectivity index (χ0v) is 15.0.